The van der Waals surface area contributed by atoms with E-state index >= 15 is 0 Å². The van der Waals surface area contributed by atoms with Crippen molar-refractivity contribution in [1.82, 2.24) is 4.90 Å². The molecule has 0 bridgehead atoms. The molecule has 0 spiro atoms. The maximum Gasteiger partial charge on any atom is 0.446 e. The summed E-state index contributed by atoms with van der Waals surface area (Å²) in [5.74, 6) is -0.264. The van der Waals surface area contributed by atoms with Gasteiger partial charge in [0.05, 0.1) is 6.10 Å². The number of alkyl halides is 3. The van der Waals surface area contributed by atoms with E-state index in [1.54, 1.807) is 0 Å². The highest BCUT2D eigenvalue weighted by atomic mass is 32.2. The molecule has 1 aliphatic heterocycles. The Bertz CT molecular complexity index is 461. The normalized spacial score (nSPS) is 19.8. The van der Waals surface area contributed by atoms with Gasteiger partial charge in [-0.2, -0.15) is 13.2 Å². The van der Waals surface area contributed by atoms with Gasteiger partial charge >= 0.3 is 5.51 Å². The van der Waals surface area contributed by atoms with Crippen molar-refractivity contribution >= 4 is 17.7 Å². The van der Waals surface area contributed by atoms with Crippen molar-refractivity contribution in [2.45, 2.75) is 22.9 Å². The zero-order chi connectivity index (χ0) is 14.0. The zero-order valence-corrected chi connectivity index (χ0v) is 10.7. The van der Waals surface area contributed by atoms with E-state index in [0.717, 1.165) is 0 Å². The van der Waals surface area contributed by atoms with Crippen LogP contribution in [0.5, 0.6) is 0 Å². The van der Waals surface area contributed by atoms with E-state index in [1.807, 2.05) is 0 Å². The lowest BCUT2D eigenvalue weighted by Crippen LogP contribution is -2.29. The van der Waals surface area contributed by atoms with Crippen molar-refractivity contribution in [2.24, 2.45) is 0 Å². The van der Waals surface area contributed by atoms with Crippen LogP contribution in [0.3, 0.4) is 0 Å². The summed E-state index contributed by atoms with van der Waals surface area (Å²) in [7, 11) is 0. The Hall–Kier alpha value is -1.21. The lowest BCUT2D eigenvalue weighted by atomic mass is 10.2. The minimum atomic E-state index is -4.33. The fourth-order valence-electron chi connectivity index (χ4n) is 1.91. The second-order valence-electron chi connectivity index (χ2n) is 4.27. The molecule has 19 heavy (non-hydrogen) atoms. The number of hydrogen-bond acceptors (Lipinski definition) is 3. The average Bonchev–Trinajstić information content (AvgIpc) is 2.74. The number of halogens is 3. The van der Waals surface area contributed by atoms with Gasteiger partial charge in [0.2, 0.25) is 0 Å². The molecule has 1 N–H and O–H groups in total. The number of carbonyl (C=O) groups excluding carboxylic acids is 1. The first kappa shape index (κ1) is 14.2. The largest absolute Gasteiger partial charge is 0.446 e. The number of benzene rings is 1. The molecule has 3 nitrogen and oxygen atoms in total. The molecule has 7 heteroatoms. The molecule has 1 heterocycles. The van der Waals surface area contributed by atoms with Gasteiger partial charge in [-0.15, -0.1) is 0 Å². The van der Waals surface area contributed by atoms with Crippen molar-refractivity contribution in [3.63, 3.8) is 0 Å². The summed E-state index contributed by atoms with van der Waals surface area (Å²) in [5.41, 5.74) is -3.99. The lowest BCUT2D eigenvalue weighted by Gasteiger charge is -2.15. The summed E-state index contributed by atoms with van der Waals surface area (Å²) in [6.07, 6.45) is 0.0253. The molecule has 1 aromatic rings. The molecule has 104 valence electrons. The monoisotopic (exact) mass is 291 g/mol. The topological polar surface area (TPSA) is 40.5 Å². The van der Waals surface area contributed by atoms with Gasteiger partial charge in [-0.05, 0) is 42.4 Å². The van der Waals surface area contributed by atoms with E-state index in [0.29, 0.717) is 18.5 Å². The highest BCUT2D eigenvalue weighted by Gasteiger charge is 2.29. The van der Waals surface area contributed by atoms with Crippen LogP contribution in [0.2, 0.25) is 0 Å². The molecular weight excluding hydrogens is 279 g/mol. The van der Waals surface area contributed by atoms with Gasteiger partial charge < -0.3 is 10.0 Å². The molecule has 1 saturated heterocycles. The van der Waals surface area contributed by atoms with Crippen LogP contribution in [0, 0.1) is 0 Å². The van der Waals surface area contributed by atoms with Crippen LogP contribution in [-0.2, 0) is 0 Å². The maximum atomic E-state index is 12.1. The van der Waals surface area contributed by atoms with Crippen LogP contribution in [-0.4, -0.2) is 40.6 Å². The van der Waals surface area contributed by atoms with Gasteiger partial charge in [-0.1, -0.05) is 0 Å². The number of thioether (sulfide) groups is 1. The third kappa shape index (κ3) is 3.87. The fourth-order valence-corrected chi connectivity index (χ4v) is 2.45. The summed E-state index contributed by atoms with van der Waals surface area (Å²) in [5, 5.41) is 9.34. The predicted molar refractivity (Wildman–Crippen MR) is 64.9 cm³/mol. The third-order valence-corrected chi connectivity index (χ3v) is 3.52. The minimum absolute atomic E-state index is 0.0468. The van der Waals surface area contributed by atoms with Gasteiger partial charge in [0.1, 0.15) is 0 Å². The number of aliphatic hydroxyl groups excluding tert-OH is 1. The number of hydrogen-bond donors (Lipinski definition) is 1. The molecule has 1 aromatic carbocycles. The zero-order valence-electron chi connectivity index (χ0n) is 9.85. The summed E-state index contributed by atoms with van der Waals surface area (Å²) in [6, 6.07) is 5.30. The van der Waals surface area contributed by atoms with Gasteiger partial charge in [0, 0.05) is 23.5 Å². The molecule has 1 amide bonds. The molecule has 0 aromatic heterocycles. The second-order valence-corrected chi connectivity index (χ2v) is 5.40. The molecule has 0 aliphatic carbocycles. The van der Waals surface area contributed by atoms with Crippen molar-refractivity contribution in [2.75, 3.05) is 13.1 Å². The Labute approximate surface area is 112 Å². The van der Waals surface area contributed by atoms with E-state index in [9.17, 15) is 23.1 Å². The Morgan fingerprint density at radius 3 is 2.42 bits per heavy atom. The van der Waals surface area contributed by atoms with Crippen LogP contribution >= 0.6 is 11.8 Å². The molecule has 2 rings (SSSR count). The molecule has 0 radical (unpaired) electrons. The number of likely N-dealkylation sites (tertiary alicyclic amines) is 1. The molecule has 0 saturated carbocycles. The minimum Gasteiger partial charge on any atom is -0.391 e. The lowest BCUT2D eigenvalue weighted by molar-refractivity contribution is -0.0328. The van der Waals surface area contributed by atoms with E-state index in [4.69, 9.17) is 0 Å². The molecule has 1 aliphatic rings. The second kappa shape index (κ2) is 5.42. The highest BCUT2D eigenvalue weighted by Crippen LogP contribution is 2.36. The number of aliphatic hydroxyl groups is 1. The van der Waals surface area contributed by atoms with Crippen LogP contribution < -0.4 is 0 Å². The number of amides is 1. The Morgan fingerprint density at radius 1 is 1.32 bits per heavy atom. The quantitative estimate of drug-likeness (QED) is 0.851. The van der Waals surface area contributed by atoms with Crippen LogP contribution in [0.1, 0.15) is 16.8 Å². The molecular formula is C12H12F3NO2S. The summed E-state index contributed by atoms with van der Waals surface area (Å²) in [4.78, 5) is 13.5. The number of rotatable bonds is 2. The SMILES string of the molecule is O=C(c1ccc(SC(F)(F)F)cc1)N1CC[C@H](O)C1. The Morgan fingerprint density at radius 2 is 1.95 bits per heavy atom. The van der Waals surface area contributed by atoms with Crippen molar-refractivity contribution < 1.29 is 23.1 Å². The number of nitrogens with zero attached hydrogens (tertiary/aromatic N) is 1. The molecule has 1 atom stereocenters. The summed E-state index contributed by atoms with van der Waals surface area (Å²) >= 11 is -0.211. The van der Waals surface area contributed by atoms with E-state index in [-0.39, 0.29) is 29.1 Å². The van der Waals surface area contributed by atoms with E-state index < -0.39 is 11.6 Å². The van der Waals surface area contributed by atoms with Gasteiger partial charge in [0.15, 0.2) is 0 Å². The summed E-state index contributed by atoms with van der Waals surface area (Å²) in [6.45, 7) is 0.747. The van der Waals surface area contributed by atoms with E-state index in [2.05, 4.69) is 0 Å². The Balaban J connectivity index is 2.04. The van der Waals surface area contributed by atoms with Crippen LogP contribution in [0.15, 0.2) is 29.2 Å². The van der Waals surface area contributed by atoms with Crippen molar-refractivity contribution in [3.05, 3.63) is 29.8 Å². The fraction of sp³-hybridized carbons (Fsp3) is 0.417. The number of β-amino-alcohol motifs (C(OH)–C–C–N with tert-alkyl or cyclic N) is 1. The first-order chi connectivity index (χ1) is 8.85. The highest BCUT2D eigenvalue weighted by molar-refractivity contribution is 8.00. The van der Waals surface area contributed by atoms with Crippen LogP contribution in [0.25, 0.3) is 0 Å². The molecule has 1 fully saturated rings. The van der Waals surface area contributed by atoms with Gasteiger partial charge in [-0.3, -0.25) is 4.79 Å². The summed E-state index contributed by atoms with van der Waals surface area (Å²) < 4.78 is 36.4. The van der Waals surface area contributed by atoms with Crippen molar-refractivity contribution in [3.8, 4) is 0 Å². The predicted octanol–water partition coefficient (Wildman–Crippen LogP) is 2.51. The average molecular weight is 291 g/mol. The number of carbonyl (C=O) groups is 1. The molecule has 0 unspecified atom stereocenters. The van der Waals surface area contributed by atoms with E-state index in [1.165, 1.54) is 29.2 Å². The first-order valence-electron chi connectivity index (χ1n) is 5.68. The third-order valence-electron chi connectivity index (χ3n) is 2.79. The smallest absolute Gasteiger partial charge is 0.391 e. The standard InChI is InChI=1S/C12H12F3NO2S/c13-12(14,15)19-10-3-1-8(2-4-10)11(18)16-6-5-9(17)7-16/h1-4,9,17H,5-7H2/t9-/m0/s1. The van der Waals surface area contributed by atoms with Crippen molar-refractivity contribution in [1.29, 1.82) is 0 Å². The maximum absolute atomic E-state index is 12.1. The van der Waals surface area contributed by atoms with Crippen LogP contribution in [0.4, 0.5) is 13.2 Å². The van der Waals surface area contributed by atoms with Gasteiger partial charge in [-0.25, -0.2) is 0 Å². The first-order valence-corrected chi connectivity index (χ1v) is 6.50. The Kier molecular flexibility index (Phi) is 4.05. The van der Waals surface area contributed by atoms with Gasteiger partial charge in [0.25, 0.3) is 5.91 Å².